The van der Waals surface area contributed by atoms with E-state index in [4.69, 9.17) is 16.3 Å². The number of anilines is 1. The topological polar surface area (TPSA) is 38.3 Å². The van der Waals surface area contributed by atoms with Gasteiger partial charge in [0, 0.05) is 14.0 Å². The third-order valence-corrected chi connectivity index (χ3v) is 4.43. The van der Waals surface area contributed by atoms with Crippen molar-refractivity contribution in [2.24, 2.45) is 0 Å². The highest BCUT2D eigenvalue weighted by Crippen LogP contribution is 2.32. The summed E-state index contributed by atoms with van der Waals surface area (Å²) in [6.07, 6.45) is 0. The van der Waals surface area contributed by atoms with E-state index in [-0.39, 0.29) is 12.5 Å². The zero-order chi connectivity index (χ0) is 16.3. The van der Waals surface area contributed by atoms with Crippen LogP contribution in [0.1, 0.15) is 11.1 Å². The smallest absolute Gasteiger partial charge is 0.262 e. The van der Waals surface area contributed by atoms with Crippen LogP contribution >= 0.6 is 43.5 Å². The Balaban J connectivity index is 2.02. The van der Waals surface area contributed by atoms with E-state index in [1.54, 1.807) is 18.2 Å². The number of aryl methyl sites for hydroxylation is 2. The van der Waals surface area contributed by atoms with Crippen LogP contribution in [0.25, 0.3) is 0 Å². The fraction of sp³-hybridized carbons (Fsp3) is 0.188. The van der Waals surface area contributed by atoms with E-state index in [0.29, 0.717) is 16.5 Å². The maximum Gasteiger partial charge on any atom is 0.262 e. The van der Waals surface area contributed by atoms with Gasteiger partial charge in [0.1, 0.15) is 5.75 Å². The van der Waals surface area contributed by atoms with Crippen molar-refractivity contribution in [1.82, 2.24) is 0 Å². The summed E-state index contributed by atoms with van der Waals surface area (Å²) in [7, 11) is 0. The second kappa shape index (κ2) is 7.49. The number of hydrogen-bond donors (Lipinski definition) is 1. The van der Waals surface area contributed by atoms with Gasteiger partial charge in [-0.1, -0.05) is 11.6 Å². The monoisotopic (exact) mass is 445 g/mol. The minimum Gasteiger partial charge on any atom is -0.483 e. The van der Waals surface area contributed by atoms with Crippen LogP contribution in [-0.2, 0) is 4.79 Å². The van der Waals surface area contributed by atoms with Crippen molar-refractivity contribution in [1.29, 1.82) is 0 Å². The molecule has 0 unspecified atom stereocenters. The number of benzene rings is 2. The maximum atomic E-state index is 12.0. The largest absolute Gasteiger partial charge is 0.483 e. The molecule has 6 heteroatoms. The van der Waals surface area contributed by atoms with Gasteiger partial charge in [-0.2, -0.15) is 0 Å². The van der Waals surface area contributed by atoms with Crippen LogP contribution in [0.15, 0.2) is 39.3 Å². The Morgan fingerprint density at radius 1 is 1.18 bits per heavy atom. The predicted octanol–water partition coefficient (Wildman–Crippen LogP) is 5.50. The standard InChI is InChI=1S/C16H14Br2ClNO2/c1-9-5-12(17)16(13(18)6-9)20-15(21)8-22-14-4-3-11(19)7-10(14)2/h3-7H,8H2,1-2H3,(H,20,21). The summed E-state index contributed by atoms with van der Waals surface area (Å²) >= 11 is 12.8. The molecule has 0 bridgehead atoms. The first-order chi connectivity index (χ1) is 10.4. The van der Waals surface area contributed by atoms with E-state index >= 15 is 0 Å². The molecule has 0 aliphatic rings. The summed E-state index contributed by atoms with van der Waals surface area (Å²) in [4.78, 5) is 12.0. The molecule has 1 N–H and O–H groups in total. The molecule has 0 atom stereocenters. The summed E-state index contributed by atoms with van der Waals surface area (Å²) < 4.78 is 7.16. The van der Waals surface area contributed by atoms with Crippen LogP contribution < -0.4 is 10.1 Å². The Labute approximate surface area is 151 Å². The number of carbonyl (C=O) groups excluding carboxylic acids is 1. The number of ether oxygens (including phenoxy) is 1. The molecule has 2 aromatic carbocycles. The van der Waals surface area contributed by atoms with Gasteiger partial charge in [-0.15, -0.1) is 0 Å². The van der Waals surface area contributed by atoms with Crippen molar-refractivity contribution < 1.29 is 9.53 Å². The number of nitrogens with one attached hydrogen (secondary N) is 1. The van der Waals surface area contributed by atoms with Gasteiger partial charge < -0.3 is 10.1 Å². The van der Waals surface area contributed by atoms with Crippen molar-refractivity contribution in [3.05, 3.63) is 55.4 Å². The first-order valence-corrected chi connectivity index (χ1v) is 8.47. The van der Waals surface area contributed by atoms with E-state index in [0.717, 1.165) is 20.1 Å². The molecule has 0 saturated heterocycles. The third-order valence-electron chi connectivity index (χ3n) is 2.95. The first kappa shape index (κ1) is 17.3. The first-order valence-electron chi connectivity index (χ1n) is 6.51. The van der Waals surface area contributed by atoms with E-state index < -0.39 is 0 Å². The van der Waals surface area contributed by atoms with Gasteiger partial charge in [0.15, 0.2) is 6.61 Å². The Morgan fingerprint density at radius 2 is 1.82 bits per heavy atom. The predicted molar refractivity (Wildman–Crippen MR) is 96.9 cm³/mol. The summed E-state index contributed by atoms with van der Waals surface area (Å²) in [6, 6.07) is 9.15. The average molecular weight is 448 g/mol. The third kappa shape index (κ3) is 4.48. The highest BCUT2D eigenvalue weighted by atomic mass is 79.9. The summed E-state index contributed by atoms with van der Waals surface area (Å²) in [5, 5.41) is 3.46. The molecule has 2 aromatic rings. The van der Waals surface area contributed by atoms with E-state index in [2.05, 4.69) is 37.2 Å². The van der Waals surface area contributed by atoms with E-state index in [1.165, 1.54) is 0 Å². The Hall–Kier alpha value is -1.04. The van der Waals surface area contributed by atoms with Gasteiger partial charge in [-0.3, -0.25) is 4.79 Å². The Kier molecular flexibility index (Phi) is 5.89. The van der Waals surface area contributed by atoms with Gasteiger partial charge in [0.25, 0.3) is 5.91 Å². The summed E-state index contributed by atoms with van der Waals surface area (Å²) in [6.45, 7) is 3.79. The molecule has 116 valence electrons. The van der Waals surface area contributed by atoms with Crippen molar-refractivity contribution in [3.8, 4) is 5.75 Å². The molecule has 22 heavy (non-hydrogen) atoms. The number of halogens is 3. The van der Waals surface area contributed by atoms with Crippen LogP contribution in [0, 0.1) is 13.8 Å². The van der Waals surface area contributed by atoms with E-state index in [9.17, 15) is 4.79 Å². The average Bonchev–Trinajstić information content (AvgIpc) is 2.42. The molecule has 1 amide bonds. The van der Waals surface area contributed by atoms with Crippen molar-refractivity contribution >= 4 is 55.1 Å². The van der Waals surface area contributed by atoms with Crippen molar-refractivity contribution in [3.63, 3.8) is 0 Å². The molecule has 0 fully saturated rings. The molecular weight excluding hydrogens is 433 g/mol. The fourth-order valence-electron chi connectivity index (χ4n) is 1.91. The minimum atomic E-state index is -0.236. The second-order valence-electron chi connectivity index (χ2n) is 4.85. The van der Waals surface area contributed by atoms with Gasteiger partial charge in [0.05, 0.1) is 5.69 Å². The minimum absolute atomic E-state index is 0.0742. The SMILES string of the molecule is Cc1cc(Br)c(NC(=O)COc2ccc(Cl)cc2C)c(Br)c1. The highest BCUT2D eigenvalue weighted by molar-refractivity contribution is 9.11. The summed E-state index contributed by atoms with van der Waals surface area (Å²) in [5.41, 5.74) is 2.66. The quantitative estimate of drug-likeness (QED) is 0.672. The van der Waals surface area contributed by atoms with Crippen LogP contribution in [0.2, 0.25) is 5.02 Å². The molecule has 3 nitrogen and oxygen atoms in total. The van der Waals surface area contributed by atoms with Crippen LogP contribution in [0.3, 0.4) is 0 Å². The fourth-order valence-corrected chi connectivity index (χ4v) is 3.75. The molecule has 0 saturated carbocycles. The number of hydrogen-bond acceptors (Lipinski definition) is 2. The van der Waals surface area contributed by atoms with Gasteiger partial charge in [0.2, 0.25) is 0 Å². The molecule has 0 aromatic heterocycles. The lowest BCUT2D eigenvalue weighted by molar-refractivity contribution is -0.118. The molecule has 0 radical (unpaired) electrons. The van der Waals surface area contributed by atoms with E-state index in [1.807, 2.05) is 26.0 Å². The van der Waals surface area contributed by atoms with Crippen molar-refractivity contribution in [2.45, 2.75) is 13.8 Å². The zero-order valence-electron chi connectivity index (χ0n) is 12.0. The molecule has 2 rings (SSSR count). The van der Waals surface area contributed by atoms with Gasteiger partial charge >= 0.3 is 0 Å². The molecule has 0 aliphatic heterocycles. The molecular formula is C16H14Br2ClNO2. The lowest BCUT2D eigenvalue weighted by Crippen LogP contribution is -2.21. The zero-order valence-corrected chi connectivity index (χ0v) is 16.0. The number of rotatable bonds is 4. The molecule has 0 spiro atoms. The Morgan fingerprint density at radius 3 is 2.41 bits per heavy atom. The lowest BCUT2D eigenvalue weighted by atomic mass is 10.2. The lowest BCUT2D eigenvalue weighted by Gasteiger charge is -2.12. The maximum absolute atomic E-state index is 12.0. The van der Waals surface area contributed by atoms with Gasteiger partial charge in [-0.25, -0.2) is 0 Å². The van der Waals surface area contributed by atoms with Crippen LogP contribution in [0.5, 0.6) is 5.75 Å². The van der Waals surface area contributed by atoms with Crippen molar-refractivity contribution in [2.75, 3.05) is 11.9 Å². The highest BCUT2D eigenvalue weighted by Gasteiger charge is 2.11. The molecule has 0 heterocycles. The number of carbonyl (C=O) groups is 1. The Bertz CT molecular complexity index is 696. The van der Waals surface area contributed by atoms with Crippen LogP contribution in [-0.4, -0.2) is 12.5 Å². The number of amides is 1. The van der Waals surface area contributed by atoms with Gasteiger partial charge in [-0.05, 0) is 87.2 Å². The molecule has 0 aliphatic carbocycles. The summed E-state index contributed by atoms with van der Waals surface area (Å²) in [5.74, 6) is 0.404. The normalized spacial score (nSPS) is 10.4. The second-order valence-corrected chi connectivity index (χ2v) is 7.00. The van der Waals surface area contributed by atoms with Crippen LogP contribution in [0.4, 0.5) is 5.69 Å².